The summed E-state index contributed by atoms with van der Waals surface area (Å²) >= 11 is 5.85. The van der Waals surface area contributed by atoms with E-state index in [1.165, 1.54) is 5.56 Å². The highest BCUT2D eigenvalue weighted by molar-refractivity contribution is 6.30. The zero-order valence-electron chi connectivity index (χ0n) is 13.2. The number of aryl methyl sites for hydroxylation is 1. The topological polar surface area (TPSA) is 0 Å². The number of fused-ring (bicyclic) bond motifs is 1. The molecule has 0 heterocycles. The largest absolute Gasteiger partial charge is 0.205 e. The zero-order chi connectivity index (χ0) is 16.9. The molecule has 0 aromatic heterocycles. The second-order valence-corrected chi connectivity index (χ2v) is 6.00. The Labute approximate surface area is 146 Å². The van der Waals surface area contributed by atoms with Crippen molar-refractivity contribution in [2.24, 2.45) is 0 Å². The van der Waals surface area contributed by atoms with E-state index >= 15 is 0 Å². The smallest absolute Gasteiger partial charge is 0.146 e. The molecule has 0 N–H and O–H groups in total. The minimum absolute atomic E-state index is 0.274. The summed E-state index contributed by atoms with van der Waals surface area (Å²) in [6, 6.07) is 16.7. The molecule has 0 amide bonds. The van der Waals surface area contributed by atoms with E-state index in [-0.39, 0.29) is 5.82 Å². The van der Waals surface area contributed by atoms with Gasteiger partial charge in [-0.15, -0.1) is 6.58 Å². The molecule has 118 valence electrons. The SMILES string of the molecule is C=CCCc1ccc2c(F)c(C#Cc3ccc(Cl)cc3)ccc2c1. The van der Waals surface area contributed by atoms with Gasteiger partial charge in [-0.05, 0) is 54.1 Å². The number of hydrogen-bond acceptors (Lipinski definition) is 0. The van der Waals surface area contributed by atoms with Crippen LogP contribution in [-0.4, -0.2) is 0 Å². The Morgan fingerprint density at radius 3 is 2.54 bits per heavy atom. The summed E-state index contributed by atoms with van der Waals surface area (Å²) in [6.45, 7) is 3.73. The molecule has 3 rings (SSSR count). The summed E-state index contributed by atoms with van der Waals surface area (Å²) in [5.74, 6) is 5.61. The van der Waals surface area contributed by atoms with Crippen LogP contribution in [0.25, 0.3) is 10.8 Å². The third kappa shape index (κ3) is 3.67. The molecule has 0 spiro atoms. The van der Waals surface area contributed by atoms with Crippen molar-refractivity contribution in [3.63, 3.8) is 0 Å². The molecule has 2 heteroatoms. The highest BCUT2D eigenvalue weighted by Crippen LogP contribution is 2.23. The van der Waals surface area contributed by atoms with Gasteiger partial charge in [0.2, 0.25) is 0 Å². The highest BCUT2D eigenvalue weighted by Gasteiger charge is 2.06. The molecule has 0 saturated carbocycles. The first-order valence-electron chi connectivity index (χ1n) is 7.77. The lowest BCUT2D eigenvalue weighted by atomic mass is 10.0. The van der Waals surface area contributed by atoms with E-state index in [4.69, 9.17) is 11.6 Å². The van der Waals surface area contributed by atoms with Crippen LogP contribution in [0.2, 0.25) is 5.02 Å². The Bertz CT molecular complexity index is 943. The summed E-state index contributed by atoms with van der Waals surface area (Å²) in [6.07, 6.45) is 3.72. The fourth-order valence-corrected chi connectivity index (χ4v) is 2.66. The minimum Gasteiger partial charge on any atom is -0.205 e. The minimum atomic E-state index is -0.274. The van der Waals surface area contributed by atoms with Crippen molar-refractivity contribution in [2.45, 2.75) is 12.8 Å². The van der Waals surface area contributed by atoms with Crippen LogP contribution in [0.3, 0.4) is 0 Å². The lowest BCUT2D eigenvalue weighted by Crippen LogP contribution is -1.89. The van der Waals surface area contributed by atoms with Crippen LogP contribution in [0.5, 0.6) is 0 Å². The predicted molar refractivity (Wildman–Crippen MR) is 99.9 cm³/mol. The summed E-state index contributed by atoms with van der Waals surface area (Å²) in [5.41, 5.74) is 2.39. The van der Waals surface area contributed by atoms with Gasteiger partial charge in [0.25, 0.3) is 0 Å². The average Bonchev–Trinajstić information content (AvgIpc) is 2.61. The Balaban J connectivity index is 1.94. The summed E-state index contributed by atoms with van der Waals surface area (Å²) < 4.78 is 14.7. The first-order chi connectivity index (χ1) is 11.7. The van der Waals surface area contributed by atoms with Crippen LogP contribution >= 0.6 is 11.6 Å². The van der Waals surface area contributed by atoms with E-state index in [1.54, 1.807) is 18.2 Å². The van der Waals surface area contributed by atoms with Crippen molar-refractivity contribution in [1.82, 2.24) is 0 Å². The normalized spacial score (nSPS) is 10.2. The van der Waals surface area contributed by atoms with Crippen molar-refractivity contribution >= 4 is 22.4 Å². The van der Waals surface area contributed by atoms with Gasteiger partial charge in [-0.25, -0.2) is 4.39 Å². The molecular formula is C22H16ClF. The fraction of sp³-hybridized carbons (Fsp3) is 0.0909. The molecule has 0 radical (unpaired) electrons. The lowest BCUT2D eigenvalue weighted by Gasteiger charge is -2.05. The van der Waals surface area contributed by atoms with Crippen LogP contribution in [0.4, 0.5) is 4.39 Å². The van der Waals surface area contributed by atoms with Crippen molar-refractivity contribution in [2.75, 3.05) is 0 Å². The standard InChI is InChI=1S/C22H16ClF/c1-2-3-4-17-8-14-21-19(15-17)11-10-18(22(21)24)9-5-16-6-12-20(23)13-7-16/h2,6-8,10-15H,1,3-4H2. The van der Waals surface area contributed by atoms with Gasteiger partial charge in [-0.1, -0.05) is 53.8 Å². The van der Waals surface area contributed by atoms with Crippen LogP contribution < -0.4 is 0 Å². The second kappa shape index (κ2) is 7.34. The van der Waals surface area contributed by atoms with Crippen LogP contribution in [-0.2, 0) is 6.42 Å². The molecule has 0 fully saturated rings. The maximum absolute atomic E-state index is 14.7. The predicted octanol–water partition coefficient (Wildman–Crippen LogP) is 6.15. The Morgan fingerprint density at radius 2 is 1.79 bits per heavy atom. The average molecular weight is 335 g/mol. The van der Waals surface area contributed by atoms with Crippen molar-refractivity contribution < 1.29 is 4.39 Å². The molecule has 0 atom stereocenters. The van der Waals surface area contributed by atoms with Crippen molar-refractivity contribution in [3.8, 4) is 11.8 Å². The molecular weight excluding hydrogens is 319 g/mol. The van der Waals surface area contributed by atoms with Crippen LogP contribution in [0, 0.1) is 17.7 Å². The van der Waals surface area contributed by atoms with E-state index < -0.39 is 0 Å². The number of rotatable bonds is 3. The number of halogens is 2. The van der Waals surface area contributed by atoms with E-state index in [1.807, 2.05) is 42.5 Å². The van der Waals surface area contributed by atoms with Crippen molar-refractivity contribution in [3.05, 3.63) is 94.8 Å². The van der Waals surface area contributed by atoms with E-state index in [9.17, 15) is 4.39 Å². The molecule has 0 aliphatic carbocycles. The summed E-state index contributed by atoms with van der Waals surface area (Å²) in [4.78, 5) is 0. The van der Waals surface area contributed by atoms with E-state index in [2.05, 4.69) is 18.4 Å². The van der Waals surface area contributed by atoms with Gasteiger partial charge in [0.05, 0.1) is 5.56 Å². The quantitative estimate of drug-likeness (QED) is 0.398. The molecule has 3 aromatic rings. The van der Waals surface area contributed by atoms with Gasteiger partial charge >= 0.3 is 0 Å². The maximum atomic E-state index is 14.7. The van der Waals surface area contributed by atoms with Gasteiger partial charge < -0.3 is 0 Å². The van der Waals surface area contributed by atoms with Gasteiger partial charge in [0.1, 0.15) is 5.82 Å². The second-order valence-electron chi connectivity index (χ2n) is 5.57. The molecule has 0 aliphatic heterocycles. The van der Waals surface area contributed by atoms with Crippen molar-refractivity contribution in [1.29, 1.82) is 0 Å². The van der Waals surface area contributed by atoms with Gasteiger partial charge in [-0.2, -0.15) is 0 Å². The summed E-state index contributed by atoms with van der Waals surface area (Å²) in [7, 11) is 0. The van der Waals surface area contributed by atoms with Gasteiger partial charge in [0.15, 0.2) is 0 Å². The van der Waals surface area contributed by atoms with Gasteiger partial charge in [0, 0.05) is 16.0 Å². The van der Waals surface area contributed by atoms with Gasteiger partial charge in [-0.3, -0.25) is 0 Å². The molecule has 0 saturated heterocycles. The Kier molecular flexibility index (Phi) is 4.99. The van der Waals surface area contributed by atoms with E-state index in [0.29, 0.717) is 16.0 Å². The molecule has 0 bridgehead atoms. The monoisotopic (exact) mass is 334 g/mol. The number of benzene rings is 3. The maximum Gasteiger partial charge on any atom is 0.146 e. The van der Waals surface area contributed by atoms with E-state index in [0.717, 1.165) is 23.8 Å². The third-order valence-electron chi connectivity index (χ3n) is 3.84. The molecule has 3 aromatic carbocycles. The molecule has 0 nitrogen and oxygen atoms in total. The number of allylic oxidation sites excluding steroid dienone is 1. The third-order valence-corrected chi connectivity index (χ3v) is 4.09. The lowest BCUT2D eigenvalue weighted by molar-refractivity contribution is 0.636. The fourth-order valence-electron chi connectivity index (χ4n) is 2.53. The highest BCUT2D eigenvalue weighted by atomic mass is 35.5. The van der Waals surface area contributed by atoms with Crippen LogP contribution in [0.1, 0.15) is 23.1 Å². The molecule has 0 aliphatic rings. The van der Waals surface area contributed by atoms with Crippen LogP contribution in [0.15, 0.2) is 67.3 Å². The number of hydrogen-bond donors (Lipinski definition) is 0. The molecule has 0 unspecified atom stereocenters. The molecule has 24 heavy (non-hydrogen) atoms. The first-order valence-corrected chi connectivity index (χ1v) is 8.15. The first kappa shape index (κ1) is 16.3. The Hall–Kier alpha value is -2.56. The summed E-state index contributed by atoms with van der Waals surface area (Å²) in [5, 5.41) is 2.15. The zero-order valence-corrected chi connectivity index (χ0v) is 13.9. The Morgan fingerprint density at radius 1 is 1.00 bits per heavy atom.